The van der Waals surface area contributed by atoms with E-state index in [1.807, 2.05) is 6.92 Å². The standard InChI is InChI=1S/C23H29Cl2N3O5S/c1-5-11-26-23(30)16(2)27(14-17-7-6-8-19(12-17)33-3)22(29)15-28(34(4,31)32)21-10-9-18(24)13-20(21)25/h6-10,12-13,16H,5,11,14-15H2,1-4H3,(H,26,30)/t16-/m1/s1. The van der Waals surface area contributed by atoms with Gasteiger partial charge in [-0.2, -0.15) is 0 Å². The zero-order valence-electron chi connectivity index (χ0n) is 19.5. The Hall–Kier alpha value is -2.49. The normalized spacial score (nSPS) is 12.1. The van der Waals surface area contributed by atoms with E-state index in [-0.39, 0.29) is 23.2 Å². The van der Waals surface area contributed by atoms with Gasteiger partial charge in [-0.05, 0) is 49.2 Å². The largest absolute Gasteiger partial charge is 0.497 e. The van der Waals surface area contributed by atoms with Crippen molar-refractivity contribution in [3.63, 3.8) is 0 Å². The molecule has 1 N–H and O–H groups in total. The fraction of sp³-hybridized carbons (Fsp3) is 0.391. The Balaban J connectivity index is 2.42. The fourth-order valence-corrected chi connectivity index (χ4v) is 4.65. The molecule has 186 valence electrons. The number of anilines is 1. The Kier molecular flexibility index (Phi) is 10.0. The third-order valence-corrected chi connectivity index (χ3v) is 6.73. The minimum Gasteiger partial charge on any atom is -0.497 e. The molecule has 0 saturated carbocycles. The van der Waals surface area contributed by atoms with Crippen LogP contribution < -0.4 is 14.4 Å². The molecule has 0 heterocycles. The molecule has 0 aliphatic rings. The molecule has 0 spiro atoms. The molecule has 0 bridgehead atoms. The molecule has 0 fully saturated rings. The average Bonchev–Trinajstić information content (AvgIpc) is 2.78. The number of sulfonamides is 1. The van der Waals surface area contributed by atoms with Crippen molar-refractivity contribution in [3.8, 4) is 5.75 Å². The summed E-state index contributed by atoms with van der Waals surface area (Å²) in [6.45, 7) is 3.51. The van der Waals surface area contributed by atoms with Gasteiger partial charge >= 0.3 is 0 Å². The van der Waals surface area contributed by atoms with E-state index in [4.69, 9.17) is 27.9 Å². The van der Waals surface area contributed by atoms with Gasteiger partial charge in [-0.3, -0.25) is 13.9 Å². The highest BCUT2D eigenvalue weighted by molar-refractivity contribution is 7.92. The number of carbonyl (C=O) groups is 2. The Morgan fingerprint density at radius 1 is 1.15 bits per heavy atom. The van der Waals surface area contributed by atoms with Crippen LogP contribution in [0.5, 0.6) is 5.75 Å². The summed E-state index contributed by atoms with van der Waals surface area (Å²) in [5.41, 5.74) is 0.838. The van der Waals surface area contributed by atoms with Gasteiger partial charge in [0.15, 0.2) is 0 Å². The molecule has 8 nitrogen and oxygen atoms in total. The Morgan fingerprint density at radius 3 is 2.44 bits per heavy atom. The van der Waals surface area contributed by atoms with Gasteiger partial charge < -0.3 is 15.0 Å². The van der Waals surface area contributed by atoms with Crippen LogP contribution >= 0.6 is 23.2 Å². The highest BCUT2D eigenvalue weighted by atomic mass is 35.5. The monoisotopic (exact) mass is 529 g/mol. The first-order valence-electron chi connectivity index (χ1n) is 10.6. The first kappa shape index (κ1) is 27.8. The van der Waals surface area contributed by atoms with Gasteiger partial charge in [-0.25, -0.2) is 8.42 Å². The zero-order chi connectivity index (χ0) is 25.5. The maximum absolute atomic E-state index is 13.5. The smallest absolute Gasteiger partial charge is 0.244 e. The lowest BCUT2D eigenvalue weighted by atomic mass is 10.1. The van der Waals surface area contributed by atoms with Crippen LogP contribution in [0.25, 0.3) is 0 Å². The Morgan fingerprint density at radius 2 is 1.85 bits per heavy atom. The summed E-state index contributed by atoms with van der Waals surface area (Å²) in [7, 11) is -2.36. The number of ether oxygens (including phenoxy) is 1. The summed E-state index contributed by atoms with van der Waals surface area (Å²) in [6.07, 6.45) is 1.72. The van der Waals surface area contributed by atoms with E-state index in [9.17, 15) is 18.0 Å². The van der Waals surface area contributed by atoms with Crippen molar-refractivity contribution in [3.05, 3.63) is 58.1 Å². The van der Waals surface area contributed by atoms with Crippen molar-refractivity contribution in [2.45, 2.75) is 32.9 Å². The van der Waals surface area contributed by atoms with Crippen molar-refractivity contribution in [2.75, 3.05) is 30.8 Å². The summed E-state index contributed by atoms with van der Waals surface area (Å²) in [5, 5.41) is 3.19. The van der Waals surface area contributed by atoms with Gasteiger partial charge in [0.25, 0.3) is 0 Å². The quantitative estimate of drug-likeness (QED) is 0.478. The van der Waals surface area contributed by atoms with Crippen molar-refractivity contribution in [1.29, 1.82) is 0 Å². The predicted molar refractivity (Wildman–Crippen MR) is 135 cm³/mol. The van der Waals surface area contributed by atoms with Crippen LogP contribution in [0.1, 0.15) is 25.8 Å². The maximum Gasteiger partial charge on any atom is 0.244 e. The van der Waals surface area contributed by atoms with Crippen LogP contribution in [0.3, 0.4) is 0 Å². The molecule has 0 unspecified atom stereocenters. The number of hydrogen-bond donors (Lipinski definition) is 1. The molecule has 0 aromatic heterocycles. The van der Waals surface area contributed by atoms with E-state index in [1.54, 1.807) is 31.2 Å². The number of nitrogens with one attached hydrogen (secondary N) is 1. The van der Waals surface area contributed by atoms with Crippen LogP contribution in [-0.4, -0.2) is 57.6 Å². The van der Waals surface area contributed by atoms with Crippen LogP contribution in [0.4, 0.5) is 5.69 Å². The number of methoxy groups -OCH3 is 1. The van der Waals surface area contributed by atoms with Crippen LogP contribution in [0.15, 0.2) is 42.5 Å². The number of rotatable bonds is 11. The summed E-state index contributed by atoms with van der Waals surface area (Å²) < 4.78 is 31.3. The van der Waals surface area contributed by atoms with Gasteiger partial charge in [0.2, 0.25) is 21.8 Å². The first-order chi connectivity index (χ1) is 16.0. The number of nitrogens with zero attached hydrogens (tertiary/aromatic N) is 2. The number of amides is 2. The second kappa shape index (κ2) is 12.3. The second-order valence-corrected chi connectivity index (χ2v) is 10.5. The third kappa shape index (κ3) is 7.51. The molecule has 34 heavy (non-hydrogen) atoms. The van der Waals surface area contributed by atoms with E-state index in [1.165, 1.54) is 30.2 Å². The number of carbonyl (C=O) groups excluding carboxylic acids is 2. The number of halogens is 2. The van der Waals surface area contributed by atoms with E-state index in [2.05, 4.69) is 5.32 Å². The zero-order valence-corrected chi connectivity index (χ0v) is 21.9. The highest BCUT2D eigenvalue weighted by Crippen LogP contribution is 2.30. The van der Waals surface area contributed by atoms with Crippen LogP contribution in [0.2, 0.25) is 10.0 Å². The molecular formula is C23H29Cl2N3O5S. The molecule has 2 aromatic rings. The minimum atomic E-state index is -3.89. The van der Waals surface area contributed by atoms with E-state index in [0.29, 0.717) is 17.3 Å². The SMILES string of the molecule is CCCNC(=O)[C@@H](C)N(Cc1cccc(OC)c1)C(=O)CN(c1ccc(Cl)cc1Cl)S(C)(=O)=O. The van der Waals surface area contributed by atoms with Crippen molar-refractivity contribution < 1.29 is 22.7 Å². The van der Waals surface area contributed by atoms with Gasteiger partial charge in [0.05, 0.1) is 24.1 Å². The van der Waals surface area contributed by atoms with E-state index >= 15 is 0 Å². The molecule has 0 aliphatic heterocycles. The van der Waals surface area contributed by atoms with Crippen molar-refractivity contribution >= 4 is 50.7 Å². The van der Waals surface area contributed by atoms with E-state index < -0.39 is 28.5 Å². The van der Waals surface area contributed by atoms with Crippen molar-refractivity contribution in [1.82, 2.24) is 10.2 Å². The first-order valence-corrected chi connectivity index (χ1v) is 13.2. The molecule has 2 amide bonds. The van der Waals surface area contributed by atoms with Gasteiger partial charge in [-0.1, -0.05) is 42.3 Å². The fourth-order valence-electron chi connectivity index (χ4n) is 3.22. The molecule has 1 atom stereocenters. The van der Waals surface area contributed by atoms with Crippen molar-refractivity contribution in [2.24, 2.45) is 0 Å². The average molecular weight is 530 g/mol. The van der Waals surface area contributed by atoms with E-state index in [0.717, 1.165) is 22.5 Å². The number of benzene rings is 2. The molecule has 2 rings (SSSR count). The summed E-state index contributed by atoms with van der Waals surface area (Å²) in [5.74, 6) is -0.314. The van der Waals surface area contributed by atoms with Crippen LogP contribution in [-0.2, 0) is 26.2 Å². The third-order valence-electron chi connectivity index (χ3n) is 5.06. The van der Waals surface area contributed by atoms with Crippen LogP contribution in [0, 0.1) is 0 Å². The second-order valence-electron chi connectivity index (χ2n) is 7.71. The molecule has 0 saturated heterocycles. The predicted octanol–water partition coefficient (Wildman–Crippen LogP) is 3.71. The topological polar surface area (TPSA) is 96.0 Å². The van der Waals surface area contributed by atoms with Gasteiger partial charge in [0.1, 0.15) is 18.3 Å². The lowest BCUT2D eigenvalue weighted by Crippen LogP contribution is -2.51. The molecular weight excluding hydrogens is 501 g/mol. The highest BCUT2D eigenvalue weighted by Gasteiger charge is 2.30. The maximum atomic E-state index is 13.5. The Labute approximate surface area is 210 Å². The summed E-state index contributed by atoms with van der Waals surface area (Å²) in [6, 6.07) is 10.5. The number of hydrogen-bond acceptors (Lipinski definition) is 5. The van der Waals surface area contributed by atoms with Gasteiger partial charge in [0, 0.05) is 18.1 Å². The minimum absolute atomic E-state index is 0.0721. The summed E-state index contributed by atoms with van der Waals surface area (Å²) in [4.78, 5) is 27.5. The lowest BCUT2D eigenvalue weighted by Gasteiger charge is -2.31. The Bertz CT molecular complexity index is 1130. The molecule has 0 radical (unpaired) electrons. The summed E-state index contributed by atoms with van der Waals surface area (Å²) >= 11 is 12.2. The molecule has 0 aliphatic carbocycles. The van der Waals surface area contributed by atoms with Gasteiger partial charge in [-0.15, -0.1) is 0 Å². The lowest BCUT2D eigenvalue weighted by molar-refractivity contribution is -0.139. The molecule has 2 aromatic carbocycles. The molecule has 11 heteroatoms.